The number of hydrogen-bond acceptors (Lipinski definition) is 7. The van der Waals surface area contributed by atoms with Gasteiger partial charge < -0.3 is 23.7 Å². The van der Waals surface area contributed by atoms with Crippen LogP contribution in [0.15, 0.2) is 47.1 Å². The zero-order valence-electron chi connectivity index (χ0n) is 15.8. The van der Waals surface area contributed by atoms with Crippen molar-refractivity contribution in [2.75, 3.05) is 21.3 Å². The maximum atomic E-state index is 12.4. The molecule has 0 radical (unpaired) electrons. The van der Waals surface area contributed by atoms with E-state index in [4.69, 9.17) is 18.9 Å². The van der Waals surface area contributed by atoms with Gasteiger partial charge >= 0.3 is 12.6 Å². The summed E-state index contributed by atoms with van der Waals surface area (Å²) >= 11 is 0. The first kappa shape index (κ1) is 20.1. The van der Waals surface area contributed by atoms with Gasteiger partial charge in [-0.15, -0.1) is 0 Å². The number of ether oxygens (including phenoxy) is 5. The van der Waals surface area contributed by atoms with E-state index in [1.807, 2.05) is 0 Å². The number of carbonyl (C=O) groups is 1. The molecule has 0 aromatic heterocycles. The standard InChI is InChI=1S/C20H17F2NO6/c1-25-14-7-5-12(10-17(14)27-3)18-23-13(19(24)29-18)8-11-4-6-15(28-20(21)22)16(9-11)26-2/h4-10,20H,1-3H3. The van der Waals surface area contributed by atoms with Crippen LogP contribution in [0.4, 0.5) is 8.78 Å². The number of hydrogen-bond donors (Lipinski definition) is 0. The summed E-state index contributed by atoms with van der Waals surface area (Å²) in [4.78, 5) is 16.4. The number of halogens is 2. The van der Waals surface area contributed by atoms with E-state index < -0.39 is 12.6 Å². The lowest BCUT2D eigenvalue weighted by Gasteiger charge is -2.10. The van der Waals surface area contributed by atoms with E-state index in [1.165, 1.54) is 45.6 Å². The molecule has 1 heterocycles. The van der Waals surface area contributed by atoms with Crippen molar-refractivity contribution in [1.29, 1.82) is 0 Å². The van der Waals surface area contributed by atoms with Crippen molar-refractivity contribution in [3.63, 3.8) is 0 Å². The molecule has 0 saturated heterocycles. The minimum Gasteiger partial charge on any atom is -0.493 e. The summed E-state index contributed by atoms with van der Waals surface area (Å²) in [6.45, 7) is -2.98. The monoisotopic (exact) mass is 405 g/mol. The van der Waals surface area contributed by atoms with Gasteiger partial charge in [0.05, 0.1) is 21.3 Å². The van der Waals surface area contributed by atoms with Crippen LogP contribution in [0.1, 0.15) is 11.1 Å². The van der Waals surface area contributed by atoms with Gasteiger partial charge in [0, 0.05) is 5.56 Å². The molecule has 0 fully saturated rings. The Kier molecular flexibility index (Phi) is 5.96. The highest BCUT2D eigenvalue weighted by Gasteiger charge is 2.25. The largest absolute Gasteiger partial charge is 0.493 e. The second-order valence-corrected chi connectivity index (χ2v) is 5.69. The van der Waals surface area contributed by atoms with Crippen LogP contribution in [0.25, 0.3) is 6.08 Å². The van der Waals surface area contributed by atoms with Gasteiger partial charge in [-0.2, -0.15) is 8.78 Å². The van der Waals surface area contributed by atoms with Crippen LogP contribution < -0.4 is 18.9 Å². The Morgan fingerprint density at radius 1 is 0.931 bits per heavy atom. The third kappa shape index (κ3) is 4.45. The number of rotatable bonds is 7. The fraction of sp³-hybridized carbons (Fsp3) is 0.200. The summed E-state index contributed by atoms with van der Waals surface area (Å²) in [7, 11) is 4.32. The molecule has 0 spiro atoms. The highest BCUT2D eigenvalue weighted by atomic mass is 19.3. The molecule has 2 aromatic rings. The smallest absolute Gasteiger partial charge is 0.387 e. The van der Waals surface area contributed by atoms with Crippen molar-refractivity contribution >= 4 is 17.9 Å². The number of alkyl halides is 2. The molecule has 0 unspecified atom stereocenters. The maximum absolute atomic E-state index is 12.4. The lowest BCUT2D eigenvalue weighted by atomic mass is 10.1. The zero-order chi connectivity index (χ0) is 21.0. The van der Waals surface area contributed by atoms with E-state index in [1.54, 1.807) is 18.2 Å². The third-order valence-electron chi connectivity index (χ3n) is 3.96. The first-order valence-electron chi connectivity index (χ1n) is 8.33. The predicted molar refractivity (Wildman–Crippen MR) is 99.8 cm³/mol. The number of cyclic esters (lactones) is 1. The summed E-state index contributed by atoms with van der Waals surface area (Å²) in [5, 5.41) is 0. The number of methoxy groups -OCH3 is 3. The van der Waals surface area contributed by atoms with Crippen molar-refractivity contribution in [3.8, 4) is 23.0 Å². The molecule has 0 saturated carbocycles. The molecule has 0 bridgehead atoms. The summed E-state index contributed by atoms with van der Waals surface area (Å²) in [5.41, 5.74) is 1.06. The average Bonchev–Trinajstić information content (AvgIpc) is 3.08. The van der Waals surface area contributed by atoms with Gasteiger partial charge in [0.1, 0.15) is 0 Å². The molecule has 9 heteroatoms. The van der Waals surface area contributed by atoms with Gasteiger partial charge in [0.2, 0.25) is 5.90 Å². The van der Waals surface area contributed by atoms with Crippen molar-refractivity contribution < 1.29 is 37.3 Å². The van der Waals surface area contributed by atoms with Crippen LogP contribution in [0.3, 0.4) is 0 Å². The molecular formula is C20H17F2NO6. The summed E-state index contributed by atoms with van der Waals surface area (Å²) in [6.07, 6.45) is 1.45. The van der Waals surface area contributed by atoms with Crippen molar-refractivity contribution in [2.24, 2.45) is 4.99 Å². The third-order valence-corrected chi connectivity index (χ3v) is 3.96. The second kappa shape index (κ2) is 8.59. The normalized spacial score (nSPS) is 14.6. The van der Waals surface area contributed by atoms with Crippen LogP contribution in [0, 0.1) is 0 Å². The number of carbonyl (C=O) groups excluding carboxylic acids is 1. The van der Waals surface area contributed by atoms with Crippen LogP contribution in [0.2, 0.25) is 0 Å². The summed E-state index contributed by atoms with van der Waals surface area (Å²) in [5.74, 6) is 0.410. The Morgan fingerprint density at radius 2 is 1.59 bits per heavy atom. The van der Waals surface area contributed by atoms with Crippen molar-refractivity contribution in [3.05, 3.63) is 53.2 Å². The molecule has 7 nitrogen and oxygen atoms in total. The fourth-order valence-electron chi connectivity index (χ4n) is 2.63. The lowest BCUT2D eigenvalue weighted by Crippen LogP contribution is -2.06. The molecule has 0 aliphatic carbocycles. The van der Waals surface area contributed by atoms with Crippen LogP contribution >= 0.6 is 0 Å². The topological polar surface area (TPSA) is 75.6 Å². The summed E-state index contributed by atoms with van der Waals surface area (Å²) < 4.78 is 49.9. The van der Waals surface area contributed by atoms with Gasteiger partial charge in [-0.3, -0.25) is 0 Å². The highest BCUT2D eigenvalue weighted by molar-refractivity contribution is 6.13. The van der Waals surface area contributed by atoms with E-state index >= 15 is 0 Å². The number of benzene rings is 2. The first-order valence-corrected chi connectivity index (χ1v) is 8.33. The molecule has 0 N–H and O–H groups in total. The number of nitrogens with zero attached hydrogens (tertiary/aromatic N) is 1. The summed E-state index contributed by atoms with van der Waals surface area (Å²) in [6, 6.07) is 9.23. The molecule has 1 aliphatic rings. The molecule has 2 aromatic carbocycles. The Bertz CT molecular complexity index is 987. The van der Waals surface area contributed by atoms with E-state index in [0.29, 0.717) is 22.6 Å². The minimum atomic E-state index is -2.98. The molecule has 152 valence electrons. The molecule has 3 rings (SSSR count). The molecular weight excluding hydrogens is 388 g/mol. The predicted octanol–water partition coefficient (Wildman–Crippen LogP) is 3.66. The van der Waals surface area contributed by atoms with Gasteiger partial charge in [0.15, 0.2) is 28.7 Å². The fourth-order valence-corrected chi connectivity index (χ4v) is 2.63. The molecule has 29 heavy (non-hydrogen) atoms. The lowest BCUT2D eigenvalue weighted by molar-refractivity contribution is -0.129. The average molecular weight is 405 g/mol. The van der Waals surface area contributed by atoms with Crippen LogP contribution in [-0.2, 0) is 9.53 Å². The Hall–Kier alpha value is -3.62. The van der Waals surface area contributed by atoms with E-state index in [2.05, 4.69) is 9.73 Å². The van der Waals surface area contributed by atoms with Crippen molar-refractivity contribution in [2.45, 2.75) is 6.61 Å². The van der Waals surface area contributed by atoms with Gasteiger partial charge in [0.25, 0.3) is 0 Å². The van der Waals surface area contributed by atoms with Crippen LogP contribution in [-0.4, -0.2) is 39.8 Å². The molecule has 0 atom stereocenters. The highest BCUT2D eigenvalue weighted by Crippen LogP contribution is 2.32. The van der Waals surface area contributed by atoms with Gasteiger partial charge in [-0.25, -0.2) is 9.79 Å². The Labute approximate surface area is 165 Å². The van der Waals surface area contributed by atoms with E-state index in [9.17, 15) is 13.6 Å². The quantitative estimate of drug-likeness (QED) is 0.517. The Morgan fingerprint density at radius 3 is 2.24 bits per heavy atom. The first-order chi connectivity index (χ1) is 13.9. The van der Waals surface area contributed by atoms with E-state index in [0.717, 1.165) is 0 Å². The zero-order valence-corrected chi connectivity index (χ0v) is 15.8. The van der Waals surface area contributed by atoms with E-state index in [-0.39, 0.29) is 23.1 Å². The molecule has 0 amide bonds. The van der Waals surface area contributed by atoms with Crippen LogP contribution in [0.5, 0.6) is 23.0 Å². The SMILES string of the molecule is COc1ccc(C2=NC(=Cc3ccc(OC(F)F)c(OC)c3)C(=O)O2)cc1OC. The van der Waals surface area contributed by atoms with Gasteiger partial charge in [-0.05, 0) is 42.0 Å². The minimum absolute atomic E-state index is 0.0411. The van der Waals surface area contributed by atoms with Gasteiger partial charge in [-0.1, -0.05) is 6.07 Å². The Balaban J connectivity index is 1.91. The number of aliphatic imine (C=N–C) groups is 1. The maximum Gasteiger partial charge on any atom is 0.387 e. The number of esters is 1. The second-order valence-electron chi connectivity index (χ2n) is 5.69. The van der Waals surface area contributed by atoms with Crippen molar-refractivity contribution in [1.82, 2.24) is 0 Å². The molecule has 1 aliphatic heterocycles.